The lowest BCUT2D eigenvalue weighted by Crippen LogP contribution is -2.39. The highest BCUT2D eigenvalue weighted by molar-refractivity contribution is 6.76. The minimum atomic E-state index is -1.05. The van der Waals surface area contributed by atoms with Gasteiger partial charge in [0.25, 0.3) is 0 Å². The monoisotopic (exact) mass is 230 g/mol. The van der Waals surface area contributed by atoms with Crippen LogP contribution in [-0.2, 0) is 9.78 Å². The summed E-state index contributed by atoms with van der Waals surface area (Å²) in [6.45, 7) is 15.9. The second-order valence-electron chi connectivity index (χ2n) is 7.25. The van der Waals surface area contributed by atoms with Gasteiger partial charge >= 0.3 is 0 Å². The van der Waals surface area contributed by atoms with Gasteiger partial charge in [-0.1, -0.05) is 40.4 Å². The Morgan fingerprint density at radius 1 is 1.27 bits per heavy atom. The zero-order chi connectivity index (χ0) is 11.9. The van der Waals surface area contributed by atoms with Crippen LogP contribution in [0.3, 0.4) is 0 Å². The van der Waals surface area contributed by atoms with Crippen LogP contribution in [0.15, 0.2) is 0 Å². The van der Waals surface area contributed by atoms with Crippen molar-refractivity contribution in [1.82, 2.24) is 0 Å². The van der Waals surface area contributed by atoms with Gasteiger partial charge in [0, 0.05) is 14.5 Å². The van der Waals surface area contributed by atoms with E-state index in [4.69, 9.17) is 9.78 Å². The minimum absolute atomic E-state index is 0.128. The molecule has 1 aliphatic rings. The van der Waals surface area contributed by atoms with E-state index in [0.29, 0.717) is 6.10 Å². The summed E-state index contributed by atoms with van der Waals surface area (Å²) in [5, 5.41) is 0. The molecular formula is C12H26O2Si. The molecule has 0 N–H and O–H groups in total. The summed E-state index contributed by atoms with van der Waals surface area (Å²) in [5.41, 5.74) is 0.0124. The van der Waals surface area contributed by atoms with Crippen LogP contribution >= 0.6 is 0 Å². The van der Waals surface area contributed by atoms with Crippen LogP contribution in [0.4, 0.5) is 0 Å². The maximum absolute atomic E-state index is 5.59. The highest BCUT2D eigenvalue weighted by atomic mass is 28.3. The molecule has 0 amide bonds. The quantitative estimate of drug-likeness (QED) is 0.530. The van der Waals surface area contributed by atoms with Crippen LogP contribution in [0.2, 0.25) is 25.7 Å². The van der Waals surface area contributed by atoms with E-state index in [0.717, 1.165) is 6.42 Å². The van der Waals surface area contributed by atoms with Gasteiger partial charge in [-0.15, -0.1) is 0 Å². The summed E-state index contributed by atoms with van der Waals surface area (Å²) in [5.74, 6) is 0. The van der Waals surface area contributed by atoms with Crippen LogP contribution in [0.25, 0.3) is 0 Å². The molecule has 1 rings (SSSR count). The number of rotatable bonds is 2. The first kappa shape index (κ1) is 13.2. The summed E-state index contributed by atoms with van der Waals surface area (Å²) in [4.78, 5) is 11.1. The Bertz CT molecular complexity index is 227. The fourth-order valence-corrected chi connectivity index (χ4v) is 3.48. The maximum Gasteiger partial charge on any atom is 0.108 e. The lowest BCUT2D eigenvalue weighted by molar-refractivity contribution is -0.338. The molecule has 0 aromatic carbocycles. The van der Waals surface area contributed by atoms with E-state index >= 15 is 0 Å². The van der Waals surface area contributed by atoms with Crippen molar-refractivity contribution >= 4 is 8.07 Å². The van der Waals surface area contributed by atoms with Crippen molar-refractivity contribution in [2.45, 2.75) is 71.5 Å². The van der Waals surface area contributed by atoms with Crippen molar-refractivity contribution in [1.29, 1.82) is 0 Å². The van der Waals surface area contributed by atoms with Gasteiger partial charge in [0.05, 0.1) is 6.10 Å². The van der Waals surface area contributed by atoms with Gasteiger partial charge in [0.15, 0.2) is 0 Å². The molecule has 2 atom stereocenters. The largest absolute Gasteiger partial charge is 0.233 e. The second kappa shape index (κ2) is 3.86. The van der Waals surface area contributed by atoms with Gasteiger partial charge < -0.3 is 0 Å². The lowest BCUT2D eigenvalue weighted by atomic mass is 9.75. The summed E-state index contributed by atoms with van der Waals surface area (Å²) in [7, 11) is -1.05. The van der Waals surface area contributed by atoms with Crippen molar-refractivity contribution in [3.8, 4) is 0 Å². The van der Waals surface area contributed by atoms with E-state index in [1.165, 1.54) is 6.04 Å². The SMILES string of the molecule is CC(C)(C)C1(C)CC(C[Si](C)(C)C)OO1. The Morgan fingerprint density at radius 2 is 1.80 bits per heavy atom. The maximum atomic E-state index is 5.59. The molecular weight excluding hydrogens is 204 g/mol. The van der Waals surface area contributed by atoms with E-state index in [-0.39, 0.29) is 11.0 Å². The van der Waals surface area contributed by atoms with Gasteiger partial charge in [-0.2, -0.15) is 0 Å². The van der Waals surface area contributed by atoms with Crippen LogP contribution in [0.5, 0.6) is 0 Å². The molecule has 3 heteroatoms. The smallest absolute Gasteiger partial charge is 0.108 e. The standard InChI is InChI=1S/C12H26O2Si/c1-11(2,3)12(4)8-10(13-14-12)9-15(5,6)7/h10H,8-9H2,1-7H3. The number of hydrogen-bond acceptors (Lipinski definition) is 2. The third kappa shape index (κ3) is 3.30. The topological polar surface area (TPSA) is 18.5 Å². The second-order valence-corrected chi connectivity index (χ2v) is 12.8. The van der Waals surface area contributed by atoms with Crippen molar-refractivity contribution in [2.75, 3.05) is 0 Å². The zero-order valence-electron chi connectivity index (χ0n) is 11.3. The predicted octanol–water partition coefficient (Wildman–Crippen LogP) is 3.85. The normalized spacial score (nSPS) is 33.4. The zero-order valence-corrected chi connectivity index (χ0v) is 12.3. The summed E-state index contributed by atoms with van der Waals surface area (Å²) in [6, 6.07) is 1.19. The Hall–Kier alpha value is 0.137. The summed E-state index contributed by atoms with van der Waals surface area (Å²) in [6.07, 6.45) is 1.33. The van der Waals surface area contributed by atoms with E-state index < -0.39 is 8.07 Å². The summed E-state index contributed by atoms with van der Waals surface area (Å²) >= 11 is 0. The Balaban J connectivity index is 2.60. The first-order valence-electron chi connectivity index (χ1n) is 5.88. The van der Waals surface area contributed by atoms with E-state index in [2.05, 4.69) is 47.3 Å². The molecule has 0 spiro atoms. The molecule has 0 aromatic heterocycles. The fourth-order valence-electron chi connectivity index (χ4n) is 1.90. The van der Waals surface area contributed by atoms with Crippen molar-refractivity contribution in [3.05, 3.63) is 0 Å². The third-order valence-electron chi connectivity index (χ3n) is 3.41. The first-order chi connectivity index (χ1) is 6.54. The van der Waals surface area contributed by atoms with Crippen LogP contribution in [0, 0.1) is 5.41 Å². The Kier molecular flexibility index (Phi) is 3.40. The minimum Gasteiger partial charge on any atom is -0.233 e. The molecule has 1 heterocycles. The molecule has 90 valence electrons. The van der Waals surface area contributed by atoms with Crippen LogP contribution in [0.1, 0.15) is 34.1 Å². The number of hydrogen-bond donors (Lipinski definition) is 0. The highest BCUT2D eigenvalue weighted by Gasteiger charge is 2.47. The van der Waals surface area contributed by atoms with Crippen LogP contribution < -0.4 is 0 Å². The molecule has 0 saturated carbocycles. The molecule has 0 aromatic rings. The Morgan fingerprint density at radius 3 is 2.13 bits per heavy atom. The van der Waals surface area contributed by atoms with Crippen LogP contribution in [-0.4, -0.2) is 19.8 Å². The summed E-state index contributed by atoms with van der Waals surface area (Å²) < 4.78 is 0. The molecule has 2 nitrogen and oxygen atoms in total. The molecule has 2 unspecified atom stereocenters. The predicted molar refractivity (Wildman–Crippen MR) is 66.6 cm³/mol. The molecule has 1 aliphatic heterocycles. The van der Waals surface area contributed by atoms with Crippen molar-refractivity contribution in [3.63, 3.8) is 0 Å². The van der Waals surface area contributed by atoms with Gasteiger partial charge in [-0.3, -0.25) is 0 Å². The molecule has 0 aliphatic carbocycles. The average molecular weight is 230 g/mol. The van der Waals surface area contributed by atoms with E-state index in [1.807, 2.05) is 0 Å². The Labute approximate surface area is 95.3 Å². The third-order valence-corrected chi connectivity index (χ3v) is 5.09. The van der Waals surface area contributed by atoms with Gasteiger partial charge in [0.2, 0.25) is 0 Å². The van der Waals surface area contributed by atoms with Crippen molar-refractivity contribution in [2.24, 2.45) is 5.41 Å². The highest BCUT2D eigenvalue weighted by Crippen LogP contribution is 2.43. The van der Waals surface area contributed by atoms with Gasteiger partial charge in [-0.25, -0.2) is 9.78 Å². The van der Waals surface area contributed by atoms with E-state index in [1.54, 1.807) is 0 Å². The lowest BCUT2D eigenvalue weighted by Gasteiger charge is -2.35. The van der Waals surface area contributed by atoms with Gasteiger partial charge in [0.1, 0.15) is 5.60 Å². The molecule has 15 heavy (non-hydrogen) atoms. The molecule has 1 saturated heterocycles. The van der Waals surface area contributed by atoms with Gasteiger partial charge in [-0.05, 0) is 18.4 Å². The van der Waals surface area contributed by atoms with E-state index in [9.17, 15) is 0 Å². The molecule has 1 fully saturated rings. The molecule has 0 bridgehead atoms. The average Bonchev–Trinajstić information content (AvgIpc) is 2.27. The molecule has 0 radical (unpaired) electrons. The fraction of sp³-hybridized carbons (Fsp3) is 1.00. The first-order valence-corrected chi connectivity index (χ1v) is 9.59. The van der Waals surface area contributed by atoms with Crippen molar-refractivity contribution < 1.29 is 9.78 Å².